The molecule has 0 amide bonds. The molecule has 0 aliphatic rings. The summed E-state index contributed by atoms with van der Waals surface area (Å²) in [4.78, 5) is 8.16. The molecule has 0 aliphatic heterocycles. The van der Waals surface area contributed by atoms with Crippen molar-refractivity contribution >= 4 is 35.0 Å². The van der Waals surface area contributed by atoms with Gasteiger partial charge < -0.3 is 0 Å². The van der Waals surface area contributed by atoms with E-state index in [9.17, 15) is 0 Å². The van der Waals surface area contributed by atoms with Gasteiger partial charge in [-0.2, -0.15) is 11.8 Å². The predicted molar refractivity (Wildman–Crippen MR) is 63.1 cm³/mol. The van der Waals surface area contributed by atoms with Gasteiger partial charge in [0.1, 0.15) is 16.1 Å². The Bertz CT molecular complexity index is 285. The lowest BCUT2D eigenvalue weighted by molar-refractivity contribution is 0.750. The van der Waals surface area contributed by atoms with Gasteiger partial charge in [-0.15, -0.1) is 0 Å². The Morgan fingerprint density at radius 2 is 1.86 bits per heavy atom. The highest BCUT2D eigenvalue weighted by Gasteiger charge is 2.02. The van der Waals surface area contributed by atoms with E-state index >= 15 is 0 Å². The fourth-order valence-corrected chi connectivity index (χ4v) is 2.24. The molecular weight excluding hydrogens is 239 g/mol. The normalized spacial score (nSPS) is 10.9. The number of halogens is 2. The van der Waals surface area contributed by atoms with Crippen LogP contribution in [0.1, 0.15) is 19.7 Å². The molecular formula is C9H12Cl2N2S. The zero-order valence-electron chi connectivity index (χ0n) is 8.13. The van der Waals surface area contributed by atoms with Crippen molar-refractivity contribution in [2.75, 3.05) is 5.75 Å². The van der Waals surface area contributed by atoms with Crippen LogP contribution in [0.5, 0.6) is 0 Å². The third-order valence-corrected chi connectivity index (χ3v) is 3.14. The lowest BCUT2D eigenvalue weighted by Gasteiger charge is -2.03. The van der Waals surface area contributed by atoms with Gasteiger partial charge in [0.15, 0.2) is 0 Å². The molecule has 0 bridgehead atoms. The van der Waals surface area contributed by atoms with E-state index in [4.69, 9.17) is 23.2 Å². The van der Waals surface area contributed by atoms with Crippen molar-refractivity contribution in [2.45, 2.75) is 19.6 Å². The second kappa shape index (κ2) is 5.79. The zero-order chi connectivity index (χ0) is 10.6. The van der Waals surface area contributed by atoms with Crippen molar-refractivity contribution < 1.29 is 0 Å². The SMILES string of the molecule is CC(C)CSCc1nc(Cl)cc(Cl)n1. The summed E-state index contributed by atoms with van der Waals surface area (Å²) < 4.78 is 0. The first-order valence-corrected chi connectivity index (χ1v) is 6.25. The minimum Gasteiger partial charge on any atom is -0.220 e. The van der Waals surface area contributed by atoms with Crippen molar-refractivity contribution in [3.05, 3.63) is 22.2 Å². The molecule has 5 heteroatoms. The number of aromatic nitrogens is 2. The summed E-state index contributed by atoms with van der Waals surface area (Å²) in [5.41, 5.74) is 0. The maximum Gasteiger partial charge on any atom is 0.141 e. The molecule has 0 saturated heterocycles. The Kier molecular flexibility index (Phi) is 4.99. The van der Waals surface area contributed by atoms with Gasteiger partial charge >= 0.3 is 0 Å². The van der Waals surface area contributed by atoms with E-state index in [-0.39, 0.29) is 0 Å². The molecule has 78 valence electrons. The third kappa shape index (κ3) is 4.49. The second-order valence-corrected chi connectivity index (χ2v) is 5.14. The molecule has 2 nitrogen and oxygen atoms in total. The van der Waals surface area contributed by atoms with Crippen LogP contribution in [0.25, 0.3) is 0 Å². The summed E-state index contributed by atoms with van der Waals surface area (Å²) >= 11 is 13.3. The maximum absolute atomic E-state index is 5.75. The zero-order valence-corrected chi connectivity index (χ0v) is 10.5. The second-order valence-electron chi connectivity index (χ2n) is 3.34. The quantitative estimate of drug-likeness (QED) is 0.763. The third-order valence-electron chi connectivity index (χ3n) is 1.39. The predicted octanol–water partition coefficient (Wildman–Crippen LogP) is 3.67. The van der Waals surface area contributed by atoms with Crippen molar-refractivity contribution in [3.63, 3.8) is 0 Å². The highest BCUT2D eigenvalue weighted by Crippen LogP contribution is 2.16. The Balaban J connectivity index is 2.50. The average molecular weight is 251 g/mol. The fraction of sp³-hybridized carbons (Fsp3) is 0.556. The van der Waals surface area contributed by atoms with Crippen LogP contribution in [0.4, 0.5) is 0 Å². The molecule has 0 unspecified atom stereocenters. The number of hydrogen-bond acceptors (Lipinski definition) is 3. The smallest absolute Gasteiger partial charge is 0.141 e. The van der Waals surface area contributed by atoms with E-state index in [2.05, 4.69) is 23.8 Å². The lowest BCUT2D eigenvalue weighted by atomic mass is 10.3. The number of hydrogen-bond donors (Lipinski definition) is 0. The number of rotatable bonds is 4. The van der Waals surface area contributed by atoms with Crippen LogP contribution in [0.2, 0.25) is 10.3 Å². The Morgan fingerprint density at radius 3 is 2.36 bits per heavy atom. The minimum atomic E-state index is 0.408. The standard InChI is InChI=1S/C9H12Cl2N2S/c1-6(2)4-14-5-9-12-7(10)3-8(11)13-9/h3,6H,4-5H2,1-2H3. The summed E-state index contributed by atoms with van der Waals surface area (Å²) in [7, 11) is 0. The molecule has 1 aromatic heterocycles. The molecule has 1 heterocycles. The van der Waals surface area contributed by atoms with Crippen LogP contribution in [0.3, 0.4) is 0 Å². The molecule has 0 saturated carbocycles. The summed E-state index contributed by atoms with van der Waals surface area (Å²) in [6.45, 7) is 4.36. The summed E-state index contributed by atoms with van der Waals surface area (Å²) in [6, 6.07) is 1.54. The van der Waals surface area contributed by atoms with Gasteiger partial charge in [-0.1, -0.05) is 37.0 Å². The highest BCUT2D eigenvalue weighted by molar-refractivity contribution is 7.98. The molecule has 0 aromatic carbocycles. The minimum absolute atomic E-state index is 0.408. The molecule has 0 fully saturated rings. The largest absolute Gasteiger partial charge is 0.220 e. The molecule has 14 heavy (non-hydrogen) atoms. The van der Waals surface area contributed by atoms with Crippen molar-refractivity contribution in [3.8, 4) is 0 Å². The number of nitrogens with zero attached hydrogens (tertiary/aromatic N) is 2. The van der Waals surface area contributed by atoms with Crippen LogP contribution in [-0.2, 0) is 5.75 Å². The molecule has 1 rings (SSSR count). The van der Waals surface area contributed by atoms with Gasteiger partial charge in [-0.25, -0.2) is 9.97 Å². The van der Waals surface area contributed by atoms with Gasteiger partial charge in [-0.3, -0.25) is 0 Å². The summed E-state index contributed by atoms with van der Waals surface area (Å²) in [5.74, 6) is 3.23. The van der Waals surface area contributed by atoms with Crippen molar-refractivity contribution in [1.82, 2.24) is 9.97 Å². The monoisotopic (exact) mass is 250 g/mol. The van der Waals surface area contributed by atoms with Crippen molar-refractivity contribution in [2.24, 2.45) is 5.92 Å². The van der Waals surface area contributed by atoms with Crippen LogP contribution in [0.15, 0.2) is 6.07 Å². The van der Waals surface area contributed by atoms with E-state index in [1.807, 2.05) is 0 Å². The van der Waals surface area contributed by atoms with E-state index in [0.717, 1.165) is 11.5 Å². The Hall–Kier alpha value is 0.01000. The Morgan fingerprint density at radius 1 is 1.29 bits per heavy atom. The molecule has 1 aromatic rings. The van der Waals surface area contributed by atoms with Gasteiger partial charge in [0.2, 0.25) is 0 Å². The first kappa shape index (κ1) is 12.1. The van der Waals surface area contributed by atoms with E-state index in [0.29, 0.717) is 22.0 Å². The number of thioether (sulfide) groups is 1. The van der Waals surface area contributed by atoms with Crippen LogP contribution < -0.4 is 0 Å². The molecule has 0 N–H and O–H groups in total. The van der Waals surface area contributed by atoms with Crippen LogP contribution in [-0.4, -0.2) is 15.7 Å². The van der Waals surface area contributed by atoms with E-state index < -0.39 is 0 Å². The molecule has 0 spiro atoms. The van der Waals surface area contributed by atoms with E-state index in [1.54, 1.807) is 17.8 Å². The topological polar surface area (TPSA) is 25.8 Å². The van der Waals surface area contributed by atoms with E-state index in [1.165, 1.54) is 0 Å². The van der Waals surface area contributed by atoms with Crippen LogP contribution in [0, 0.1) is 5.92 Å². The maximum atomic E-state index is 5.75. The average Bonchev–Trinajstić information content (AvgIpc) is 2.01. The highest BCUT2D eigenvalue weighted by atomic mass is 35.5. The first-order valence-electron chi connectivity index (χ1n) is 4.34. The van der Waals surface area contributed by atoms with Gasteiger partial charge in [0, 0.05) is 6.07 Å². The fourth-order valence-electron chi connectivity index (χ4n) is 0.885. The molecule has 0 aliphatic carbocycles. The summed E-state index contributed by atoms with van der Waals surface area (Å²) in [6.07, 6.45) is 0. The van der Waals surface area contributed by atoms with Gasteiger partial charge in [0.25, 0.3) is 0 Å². The Labute approximate surface area is 98.4 Å². The molecule has 0 radical (unpaired) electrons. The summed E-state index contributed by atoms with van der Waals surface area (Å²) in [5, 5.41) is 0.815. The van der Waals surface area contributed by atoms with Gasteiger partial charge in [0.05, 0.1) is 5.75 Å². The first-order chi connectivity index (χ1) is 6.58. The van der Waals surface area contributed by atoms with Gasteiger partial charge in [-0.05, 0) is 11.7 Å². The van der Waals surface area contributed by atoms with Crippen molar-refractivity contribution in [1.29, 1.82) is 0 Å². The molecule has 0 atom stereocenters. The lowest BCUT2D eigenvalue weighted by Crippen LogP contribution is -1.96. The van der Waals surface area contributed by atoms with Crippen LogP contribution >= 0.6 is 35.0 Å².